The van der Waals surface area contributed by atoms with Crippen molar-refractivity contribution in [3.63, 3.8) is 0 Å². The van der Waals surface area contributed by atoms with Crippen molar-refractivity contribution in [1.82, 2.24) is 15.2 Å². The minimum atomic E-state index is -0.249. The summed E-state index contributed by atoms with van der Waals surface area (Å²) >= 11 is 0. The molecule has 2 unspecified atom stereocenters. The Labute approximate surface area is 132 Å². The highest BCUT2D eigenvalue weighted by Gasteiger charge is 2.21. The largest absolute Gasteiger partial charge is 0.446 e. The molecule has 6 nitrogen and oxygen atoms in total. The Morgan fingerprint density at radius 1 is 1.27 bits per heavy atom. The Balaban J connectivity index is 2.77. The van der Waals surface area contributed by atoms with Crippen molar-refractivity contribution in [2.45, 2.75) is 72.5 Å². The number of hydrogen-bond acceptors (Lipinski definition) is 4. The van der Waals surface area contributed by atoms with Crippen molar-refractivity contribution < 1.29 is 14.0 Å². The predicted octanol–water partition coefficient (Wildman–Crippen LogP) is 2.74. The van der Waals surface area contributed by atoms with E-state index in [0.29, 0.717) is 12.3 Å². The third kappa shape index (κ3) is 4.86. The normalized spacial score (nSPS) is 13.5. The second-order valence-corrected chi connectivity index (χ2v) is 5.54. The lowest BCUT2D eigenvalue weighted by molar-refractivity contribution is -0.134. The Morgan fingerprint density at radius 2 is 1.95 bits per heavy atom. The van der Waals surface area contributed by atoms with E-state index in [-0.39, 0.29) is 36.1 Å². The molecule has 124 valence electrons. The summed E-state index contributed by atoms with van der Waals surface area (Å²) < 4.78 is 5.35. The lowest BCUT2D eigenvalue weighted by Crippen LogP contribution is -2.37. The molecule has 0 bridgehead atoms. The standard InChI is InChI=1S/C16H27N3O3/c1-6-11(4)17-16(21)13-10-22-14(18-13)9-19(12(5)7-2)15(20)8-3/h10-12H,6-9H2,1-5H3,(H,17,21). The third-order valence-electron chi connectivity index (χ3n) is 3.83. The molecule has 0 radical (unpaired) electrons. The SMILES string of the molecule is CCC(=O)N(Cc1nc(C(=O)NC(C)CC)co1)C(C)CC. The van der Waals surface area contributed by atoms with Crippen LogP contribution in [0.25, 0.3) is 0 Å². The van der Waals surface area contributed by atoms with Crippen molar-refractivity contribution in [2.24, 2.45) is 0 Å². The summed E-state index contributed by atoms with van der Waals surface area (Å²) in [7, 11) is 0. The molecule has 1 heterocycles. The number of nitrogens with zero attached hydrogens (tertiary/aromatic N) is 2. The van der Waals surface area contributed by atoms with Crippen LogP contribution in [-0.2, 0) is 11.3 Å². The van der Waals surface area contributed by atoms with Gasteiger partial charge < -0.3 is 14.6 Å². The maximum absolute atomic E-state index is 12.0. The van der Waals surface area contributed by atoms with Crippen LogP contribution >= 0.6 is 0 Å². The molecule has 1 aromatic heterocycles. The number of rotatable bonds is 8. The maximum Gasteiger partial charge on any atom is 0.273 e. The number of aromatic nitrogens is 1. The van der Waals surface area contributed by atoms with Crippen LogP contribution in [0.15, 0.2) is 10.7 Å². The van der Waals surface area contributed by atoms with Crippen LogP contribution in [0.2, 0.25) is 0 Å². The van der Waals surface area contributed by atoms with E-state index in [1.165, 1.54) is 6.26 Å². The second-order valence-electron chi connectivity index (χ2n) is 5.54. The van der Waals surface area contributed by atoms with Gasteiger partial charge in [0.2, 0.25) is 11.8 Å². The van der Waals surface area contributed by atoms with Crippen LogP contribution < -0.4 is 5.32 Å². The molecule has 1 rings (SSSR count). The molecule has 2 atom stereocenters. The van der Waals surface area contributed by atoms with Crippen LogP contribution in [0.3, 0.4) is 0 Å². The Morgan fingerprint density at radius 3 is 2.50 bits per heavy atom. The van der Waals surface area contributed by atoms with Crippen molar-refractivity contribution in [3.8, 4) is 0 Å². The zero-order chi connectivity index (χ0) is 16.7. The van der Waals surface area contributed by atoms with Gasteiger partial charge in [0.05, 0.1) is 6.54 Å². The summed E-state index contributed by atoms with van der Waals surface area (Å²) in [6.07, 6.45) is 3.49. The number of carbonyl (C=O) groups excluding carboxylic acids is 2. The highest BCUT2D eigenvalue weighted by Crippen LogP contribution is 2.12. The van der Waals surface area contributed by atoms with E-state index < -0.39 is 0 Å². The van der Waals surface area contributed by atoms with E-state index >= 15 is 0 Å². The van der Waals surface area contributed by atoms with Crippen LogP contribution in [0, 0.1) is 0 Å². The molecule has 0 aliphatic carbocycles. The molecule has 1 N–H and O–H groups in total. The van der Waals surface area contributed by atoms with Gasteiger partial charge in [-0.15, -0.1) is 0 Å². The van der Waals surface area contributed by atoms with Gasteiger partial charge in [0.15, 0.2) is 5.69 Å². The van der Waals surface area contributed by atoms with E-state index in [9.17, 15) is 9.59 Å². The van der Waals surface area contributed by atoms with E-state index in [4.69, 9.17) is 4.42 Å². The first-order chi connectivity index (χ1) is 10.4. The van der Waals surface area contributed by atoms with Crippen LogP contribution in [0.4, 0.5) is 0 Å². The van der Waals surface area contributed by atoms with Gasteiger partial charge in [-0.05, 0) is 26.7 Å². The number of amides is 2. The molecule has 0 saturated carbocycles. The van der Waals surface area contributed by atoms with E-state index in [0.717, 1.165) is 12.8 Å². The van der Waals surface area contributed by atoms with Gasteiger partial charge in [0.25, 0.3) is 5.91 Å². The van der Waals surface area contributed by atoms with E-state index in [2.05, 4.69) is 10.3 Å². The summed E-state index contributed by atoms with van der Waals surface area (Å²) in [5.41, 5.74) is 0.253. The van der Waals surface area contributed by atoms with Crippen molar-refractivity contribution >= 4 is 11.8 Å². The molecule has 22 heavy (non-hydrogen) atoms. The van der Waals surface area contributed by atoms with E-state index in [1.54, 1.807) is 4.90 Å². The van der Waals surface area contributed by atoms with Crippen LogP contribution in [-0.4, -0.2) is 33.8 Å². The molecule has 0 saturated heterocycles. The highest BCUT2D eigenvalue weighted by atomic mass is 16.3. The first kappa shape index (κ1) is 18.2. The number of carbonyl (C=O) groups is 2. The predicted molar refractivity (Wildman–Crippen MR) is 84.3 cm³/mol. The lowest BCUT2D eigenvalue weighted by atomic mass is 10.2. The topological polar surface area (TPSA) is 75.4 Å². The molecule has 0 spiro atoms. The quantitative estimate of drug-likeness (QED) is 0.801. The average Bonchev–Trinajstić information content (AvgIpc) is 2.99. The van der Waals surface area contributed by atoms with Gasteiger partial charge in [0.1, 0.15) is 6.26 Å². The fourth-order valence-corrected chi connectivity index (χ4v) is 1.95. The maximum atomic E-state index is 12.0. The molecule has 1 aromatic rings. The molecule has 0 aromatic carbocycles. The van der Waals surface area contributed by atoms with Gasteiger partial charge in [-0.1, -0.05) is 20.8 Å². The van der Waals surface area contributed by atoms with Crippen molar-refractivity contribution in [1.29, 1.82) is 0 Å². The van der Waals surface area contributed by atoms with Crippen LogP contribution in [0.1, 0.15) is 70.3 Å². The molecule has 6 heteroatoms. The highest BCUT2D eigenvalue weighted by molar-refractivity contribution is 5.92. The zero-order valence-corrected chi connectivity index (χ0v) is 14.2. The first-order valence-corrected chi connectivity index (χ1v) is 7.97. The summed E-state index contributed by atoms with van der Waals surface area (Å²) in [4.78, 5) is 29.9. The number of hydrogen-bond donors (Lipinski definition) is 1. The second kappa shape index (κ2) is 8.56. The molecule has 0 fully saturated rings. The zero-order valence-electron chi connectivity index (χ0n) is 14.2. The minimum Gasteiger partial charge on any atom is -0.446 e. The molecule has 0 aliphatic heterocycles. The fourth-order valence-electron chi connectivity index (χ4n) is 1.95. The van der Waals surface area contributed by atoms with E-state index in [1.807, 2.05) is 34.6 Å². The van der Waals surface area contributed by atoms with Gasteiger partial charge in [-0.25, -0.2) is 4.98 Å². The Hall–Kier alpha value is -1.85. The van der Waals surface area contributed by atoms with Gasteiger partial charge >= 0.3 is 0 Å². The Bertz CT molecular complexity index is 499. The lowest BCUT2D eigenvalue weighted by Gasteiger charge is -2.26. The Kier molecular flexibility index (Phi) is 7.08. The van der Waals surface area contributed by atoms with Gasteiger partial charge in [-0.2, -0.15) is 0 Å². The summed E-state index contributed by atoms with van der Waals surface area (Å²) in [5.74, 6) is 0.191. The third-order valence-corrected chi connectivity index (χ3v) is 3.83. The molecule has 0 aliphatic rings. The smallest absolute Gasteiger partial charge is 0.273 e. The average molecular weight is 309 g/mol. The van der Waals surface area contributed by atoms with Crippen LogP contribution in [0.5, 0.6) is 0 Å². The van der Waals surface area contributed by atoms with Gasteiger partial charge in [-0.3, -0.25) is 9.59 Å². The number of oxazole rings is 1. The monoisotopic (exact) mass is 309 g/mol. The van der Waals surface area contributed by atoms with Crippen molar-refractivity contribution in [2.75, 3.05) is 0 Å². The minimum absolute atomic E-state index is 0.0538. The number of nitrogens with one attached hydrogen (secondary N) is 1. The molecule has 2 amide bonds. The summed E-state index contributed by atoms with van der Waals surface area (Å²) in [5, 5.41) is 2.84. The van der Waals surface area contributed by atoms with Gasteiger partial charge in [0, 0.05) is 18.5 Å². The van der Waals surface area contributed by atoms with Crippen molar-refractivity contribution in [3.05, 3.63) is 17.8 Å². The molecular formula is C16H27N3O3. The molecular weight excluding hydrogens is 282 g/mol. The fraction of sp³-hybridized carbons (Fsp3) is 0.688. The summed E-state index contributed by atoms with van der Waals surface area (Å²) in [6, 6.07) is 0.197. The summed E-state index contributed by atoms with van der Waals surface area (Å²) in [6.45, 7) is 10.1. The first-order valence-electron chi connectivity index (χ1n) is 7.97.